The van der Waals surface area contributed by atoms with Crippen molar-refractivity contribution in [3.63, 3.8) is 0 Å². The second-order valence-electron chi connectivity index (χ2n) is 6.62. The van der Waals surface area contributed by atoms with Crippen LogP contribution >= 0.6 is 0 Å². The molecule has 0 bridgehead atoms. The Balaban J connectivity index is 1.86. The van der Waals surface area contributed by atoms with Gasteiger partial charge < -0.3 is 15.2 Å². The van der Waals surface area contributed by atoms with E-state index in [0.29, 0.717) is 30.1 Å². The second kappa shape index (κ2) is 7.03. The lowest BCUT2D eigenvalue weighted by Crippen LogP contribution is -2.49. The molecule has 1 heterocycles. The second-order valence-corrected chi connectivity index (χ2v) is 6.62. The Hall–Kier alpha value is -1.72. The maximum Gasteiger partial charge on any atom is 0.251 e. The lowest BCUT2D eigenvalue weighted by Gasteiger charge is -2.29. The largest absolute Gasteiger partial charge is 0.389 e. The molecule has 0 aromatic heterocycles. The number of ether oxygens (including phenoxy) is 1. The van der Waals surface area contributed by atoms with Crippen LogP contribution in [0.2, 0.25) is 0 Å². The molecular weight excluding hydrogens is 309 g/mol. The zero-order chi connectivity index (χ0) is 17.3. The number of amides is 1. The van der Waals surface area contributed by atoms with E-state index in [2.05, 4.69) is 5.32 Å². The highest BCUT2D eigenvalue weighted by molar-refractivity contribution is 6.20. The molecule has 1 aromatic carbocycles. The summed E-state index contributed by atoms with van der Waals surface area (Å²) in [6.07, 6.45) is 3.70. The van der Waals surface area contributed by atoms with E-state index in [0.717, 1.165) is 24.0 Å². The van der Waals surface area contributed by atoms with Gasteiger partial charge in [0.2, 0.25) is 0 Å². The Morgan fingerprint density at radius 1 is 1.38 bits per heavy atom. The fourth-order valence-corrected chi connectivity index (χ4v) is 3.39. The van der Waals surface area contributed by atoms with Gasteiger partial charge in [-0.2, -0.15) is 0 Å². The lowest BCUT2D eigenvalue weighted by molar-refractivity contribution is -0.118. The van der Waals surface area contributed by atoms with E-state index < -0.39 is 6.10 Å². The predicted molar refractivity (Wildman–Crippen MR) is 90.1 cm³/mol. The van der Waals surface area contributed by atoms with Crippen molar-refractivity contribution in [2.45, 2.75) is 51.2 Å². The van der Waals surface area contributed by atoms with E-state index in [9.17, 15) is 14.3 Å². The van der Waals surface area contributed by atoms with Crippen molar-refractivity contribution in [3.05, 3.63) is 40.7 Å². The number of benzene rings is 1. The molecule has 24 heavy (non-hydrogen) atoms. The summed E-state index contributed by atoms with van der Waals surface area (Å²) in [7, 11) is 0. The summed E-state index contributed by atoms with van der Waals surface area (Å²) >= 11 is 0. The van der Waals surface area contributed by atoms with Crippen molar-refractivity contribution in [3.8, 4) is 0 Å². The maximum absolute atomic E-state index is 14.5. The number of carbonyl (C=O) groups excluding carboxylic acids is 1. The van der Waals surface area contributed by atoms with Gasteiger partial charge in [0.25, 0.3) is 5.91 Å². The van der Waals surface area contributed by atoms with Crippen LogP contribution in [-0.4, -0.2) is 36.4 Å². The molecule has 130 valence electrons. The first-order valence-electron chi connectivity index (χ1n) is 8.55. The third-order valence-corrected chi connectivity index (χ3v) is 4.92. The molecule has 4 nitrogen and oxygen atoms in total. The third-order valence-electron chi connectivity index (χ3n) is 4.92. The third kappa shape index (κ3) is 3.37. The van der Waals surface area contributed by atoms with Crippen molar-refractivity contribution in [2.75, 3.05) is 13.2 Å². The normalized spacial score (nSPS) is 24.8. The molecule has 1 saturated carbocycles. The molecule has 2 aliphatic rings. The van der Waals surface area contributed by atoms with E-state index in [1.807, 2.05) is 13.0 Å². The summed E-state index contributed by atoms with van der Waals surface area (Å²) in [4.78, 5) is 12.7. The molecular formula is C19H24FNO3. The minimum atomic E-state index is -0.732. The van der Waals surface area contributed by atoms with Gasteiger partial charge in [-0.15, -0.1) is 0 Å². The molecule has 1 aliphatic carbocycles. The van der Waals surface area contributed by atoms with Gasteiger partial charge in [-0.3, -0.25) is 4.79 Å². The summed E-state index contributed by atoms with van der Waals surface area (Å²) in [5, 5.41) is 12.8. The average molecular weight is 333 g/mol. The smallest absolute Gasteiger partial charge is 0.251 e. The van der Waals surface area contributed by atoms with Gasteiger partial charge in [0.1, 0.15) is 5.82 Å². The molecule has 2 N–H and O–H groups in total. The van der Waals surface area contributed by atoms with Crippen LogP contribution < -0.4 is 5.32 Å². The lowest BCUT2D eigenvalue weighted by atomic mass is 9.92. The predicted octanol–water partition coefficient (Wildman–Crippen LogP) is 2.68. The van der Waals surface area contributed by atoms with Crippen molar-refractivity contribution < 1.29 is 19.0 Å². The number of nitrogens with one attached hydrogen (secondary N) is 1. The van der Waals surface area contributed by atoms with Crippen LogP contribution in [0.15, 0.2) is 18.2 Å². The zero-order valence-electron chi connectivity index (χ0n) is 14.1. The number of allylic oxidation sites excluding steroid dienone is 1. The molecule has 1 unspecified atom stereocenters. The highest BCUT2D eigenvalue weighted by Crippen LogP contribution is 2.43. The molecule has 2 fully saturated rings. The Labute approximate surface area is 141 Å². The number of carbonyl (C=O) groups is 1. The van der Waals surface area contributed by atoms with Crippen LogP contribution in [-0.2, 0) is 9.53 Å². The van der Waals surface area contributed by atoms with Crippen molar-refractivity contribution in [1.82, 2.24) is 5.32 Å². The van der Waals surface area contributed by atoms with Gasteiger partial charge in [0.05, 0.1) is 18.8 Å². The monoisotopic (exact) mass is 333 g/mol. The zero-order valence-corrected chi connectivity index (χ0v) is 14.1. The van der Waals surface area contributed by atoms with E-state index in [4.69, 9.17) is 4.74 Å². The van der Waals surface area contributed by atoms with Crippen LogP contribution in [0.4, 0.5) is 4.39 Å². The molecule has 1 saturated heterocycles. The van der Waals surface area contributed by atoms with E-state index in [-0.39, 0.29) is 24.4 Å². The van der Waals surface area contributed by atoms with Gasteiger partial charge >= 0.3 is 0 Å². The van der Waals surface area contributed by atoms with Gasteiger partial charge in [-0.05, 0) is 56.2 Å². The van der Waals surface area contributed by atoms with E-state index in [1.54, 1.807) is 13.0 Å². The standard InChI is InChI=1S/C19H24FNO3/c1-3-13(19(23)21-16-8-9-24-10-17(16)22)18-11(2)14(12-4-5-12)6-7-15(18)20/h3,6-7,12,16-17,22H,4-5,8-10H2,1-2H3,(H,21,23)/b13-3+/t16?,17-/m0/s1. The SMILES string of the molecule is C/C=C(/C(=O)NC1CCOC[C@@H]1O)c1c(F)ccc(C2CC2)c1C. The fourth-order valence-electron chi connectivity index (χ4n) is 3.39. The van der Waals surface area contributed by atoms with Crippen LogP contribution in [0.3, 0.4) is 0 Å². The molecule has 0 spiro atoms. The number of aliphatic hydroxyl groups excluding tert-OH is 1. The van der Waals surface area contributed by atoms with Gasteiger partial charge in [-0.25, -0.2) is 4.39 Å². The summed E-state index contributed by atoms with van der Waals surface area (Å²) < 4.78 is 19.7. The Bertz CT molecular complexity index is 667. The maximum atomic E-state index is 14.5. The highest BCUT2D eigenvalue weighted by Gasteiger charge is 2.30. The molecule has 2 atom stereocenters. The quantitative estimate of drug-likeness (QED) is 0.833. The Morgan fingerprint density at radius 2 is 2.12 bits per heavy atom. The minimum Gasteiger partial charge on any atom is -0.389 e. The minimum absolute atomic E-state index is 0.209. The summed E-state index contributed by atoms with van der Waals surface area (Å²) in [6.45, 7) is 4.32. The van der Waals surface area contributed by atoms with Crippen LogP contribution in [0.25, 0.3) is 5.57 Å². The Kier molecular flexibility index (Phi) is 5.01. The van der Waals surface area contributed by atoms with E-state index >= 15 is 0 Å². The van der Waals surface area contributed by atoms with Gasteiger partial charge in [-0.1, -0.05) is 12.1 Å². The number of rotatable bonds is 4. The molecule has 1 aliphatic heterocycles. The molecule has 5 heteroatoms. The molecule has 0 radical (unpaired) electrons. The molecule has 3 rings (SSSR count). The molecule has 1 aromatic rings. The van der Waals surface area contributed by atoms with Crippen LogP contribution in [0.1, 0.15) is 48.8 Å². The van der Waals surface area contributed by atoms with Crippen LogP contribution in [0, 0.1) is 12.7 Å². The highest BCUT2D eigenvalue weighted by atomic mass is 19.1. The van der Waals surface area contributed by atoms with Gasteiger partial charge in [0, 0.05) is 17.7 Å². The number of hydrogen-bond donors (Lipinski definition) is 2. The van der Waals surface area contributed by atoms with Crippen molar-refractivity contribution >= 4 is 11.5 Å². The molecule has 1 amide bonds. The number of hydrogen-bond acceptors (Lipinski definition) is 3. The topological polar surface area (TPSA) is 58.6 Å². The van der Waals surface area contributed by atoms with Crippen LogP contribution in [0.5, 0.6) is 0 Å². The summed E-state index contributed by atoms with van der Waals surface area (Å²) in [5.41, 5.74) is 2.67. The number of halogens is 1. The fraction of sp³-hybridized carbons (Fsp3) is 0.526. The average Bonchev–Trinajstić information content (AvgIpc) is 3.38. The Morgan fingerprint density at radius 3 is 2.75 bits per heavy atom. The van der Waals surface area contributed by atoms with Gasteiger partial charge in [0.15, 0.2) is 0 Å². The van der Waals surface area contributed by atoms with E-state index in [1.165, 1.54) is 6.07 Å². The first kappa shape index (κ1) is 17.1. The summed E-state index contributed by atoms with van der Waals surface area (Å²) in [5.74, 6) is -0.242. The number of aliphatic hydroxyl groups is 1. The van der Waals surface area contributed by atoms with Crippen molar-refractivity contribution in [1.29, 1.82) is 0 Å². The summed E-state index contributed by atoms with van der Waals surface area (Å²) in [6, 6.07) is 2.92. The first-order chi connectivity index (χ1) is 11.5. The van der Waals surface area contributed by atoms with Crippen molar-refractivity contribution in [2.24, 2.45) is 0 Å². The first-order valence-corrected chi connectivity index (χ1v) is 8.55.